The van der Waals surface area contributed by atoms with Gasteiger partial charge in [-0.15, -0.1) is 12.4 Å². The van der Waals surface area contributed by atoms with Gasteiger partial charge in [0, 0.05) is 31.4 Å². The van der Waals surface area contributed by atoms with Gasteiger partial charge >= 0.3 is 12.0 Å². The topological polar surface area (TPSA) is 91.0 Å². The molecule has 1 aromatic rings. The number of nitrogens with one attached hydrogen (secondary N) is 2. The molecule has 2 N–H and O–H groups in total. The van der Waals surface area contributed by atoms with E-state index in [4.69, 9.17) is 4.74 Å². The highest BCUT2D eigenvalue weighted by atomic mass is 35.5. The predicted octanol–water partition coefficient (Wildman–Crippen LogP) is 1.71. The number of benzene rings is 1. The second-order valence-electron chi connectivity index (χ2n) is 6.79. The highest BCUT2D eigenvalue weighted by molar-refractivity contribution is 5.94. The molecule has 2 saturated heterocycles. The number of nitrogens with zero attached hydrogens (tertiary/aromatic N) is 2. The molecule has 0 aromatic heterocycles. The highest BCUT2D eigenvalue weighted by Gasteiger charge is 2.26. The minimum atomic E-state index is -0.372. The maximum absolute atomic E-state index is 12.3. The number of likely N-dealkylation sites (N-methyl/N-ethyl adjacent to an activating group) is 1. The number of ether oxygens (including phenoxy) is 1. The van der Waals surface area contributed by atoms with E-state index in [2.05, 4.69) is 10.6 Å². The van der Waals surface area contributed by atoms with Gasteiger partial charge in [0.15, 0.2) is 0 Å². The number of urea groups is 1. The van der Waals surface area contributed by atoms with Gasteiger partial charge in [0.25, 0.3) is 0 Å². The van der Waals surface area contributed by atoms with Crippen LogP contribution in [-0.4, -0.2) is 73.1 Å². The Labute approximate surface area is 171 Å². The van der Waals surface area contributed by atoms with Gasteiger partial charge in [-0.3, -0.25) is 4.79 Å². The van der Waals surface area contributed by atoms with E-state index in [-0.39, 0.29) is 42.9 Å². The van der Waals surface area contributed by atoms with Crippen LogP contribution in [-0.2, 0) is 9.53 Å². The summed E-state index contributed by atoms with van der Waals surface area (Å²) in [6, 6.07) is 6.49. The maximum atomic E-state index is 12.3. The van der Waals surface area contributed by atoms with Crippen LogP contribution in [0, 0.1) is 0 Å². The van der Waals surface area contributed by atoms with Crippen molar-refractivity contribution in [2.45, 2.75) is 25.8 Å². The number of piperazine rings is 1. The summed E-state index contributed by atoms with van der Waals surface area (Å²) in [5, 5.41) is 6.04. The molecule has 1 atom stereocenters. The first-order chi connectivity index (χ1) is 13.1. The van der Waals surface area contributed by atoms with E-state index < -0.39 is 0 Å². The molecular formula is C19H27ClN4O4. The Bertz CT molecular complexity index is 692. The van der Waals surface area contributed by atoms with Gasteiger partial charge < -0.3 is 25.2 Å². The molecule has 8 nitrogen and oxygen atoms in total. The number of carbonyl (C=O) groups is 3. The number of hydrogen-bond donors (Lipinski definition) is 2. The molecule has 0 radical (unpaired) electrons. The van der Waals surface area contributed by atoms with Crippen molar-refractivity contribution in [3.8, 4) is 0 Å². The van der Waals surface area contributed by atoms with Crippen LogP contribution in [0.5, 0.6) is 0 Å². The lowest BCUT2D eigenvalue weighted by Gasteiger charge is -2.33. The van der Waals surface area contributed by atoms with E-state index >= 15 is 0 Å². The summed E-state index contributed by atoms with van der Waals surface area (Å²) < 4.78 is 5.32. The Balaban J connectivity index is 0.00000280. The lowest BCUT2D eigenvalue weighted by Crippen LogP contribution is -2.53. The molecule has 1 unspecified atom stereocenters. The molecule has 3 rings (SSSR count). The Morgan fingerprint density at radius 2 is 2.00 bits per heavy atom. The molecule has 2 fully saturated rings. The predicted molar refractivity (Wildman–Crippen MR) is 108 cm³/mol. The molecule has 9 heteroatoms. The summed E-state index contributed by atoms with van der Waals surface area (Å²) in [4.78, 5) is 39.5. The standard InChI is InChI=1S/C19H26N4O4.ClH/c1-2-22-10-11-23(12-17(22)24)19(26)21-15-7-5-14(6-8-15)18(25)27-13-16-4-3-9-20-16;/h5-8,16,20H,2-4,9-13H2,1H3,(H,21,26);1H. The summed E-state index contributed by atoms with van der Waals surface area (Å²) in [5.74, 6) is -0.420. The van der Waals surface area contributed by atoms with Crippen molar-refractivity contribution in [2.24, 2.45) is 0 Å². The van der Waals surface area contributed by atoms with E-state index in [1.54, 1.807) is 29.2 Å². The molecule has 154 valence electrons. The molecule has 2 heterocycles. The Hall–Kier alpha value is -2.32. The third-order valence-corrected chi connectivity index (χ3v) is 4.94. The highest BCUT2D eigenvalue weighted by Crippen LogP contribution is 2.13. The molecule has 2 aliphatic rings. The fourth-order valence-electron chi connectivity index (χ4n) is 3.27. The fourth-order valence-corrected chi connectivity index (χ4v) is 3.27. The Kier molecular flexibility index (Phi) is 8.07. The number of esters is 1. The summed E-state index contributed by atoms with van der Waals surface area (Å²) >= 11 is 0. The van der Waals surface area contributed by atoms with Gasteiger partial charge in [-0.1, -0.05) is 0 Å². The summed E-state index contributed by atoms with van der Waals surface area (Å²) in [7, 11) is 0. The van der Waals surface area contributed by atoms with Crippen molar-refractivity contribution in [1.82, 2.24) is 15.1 Å². The average Bonchev–Trinajstić information content (AvgIpc) is 3.20. The van der Waals surface area contributed by atoms with Crippen LogP contribution in [0.3, 0.4) is 0 Å². The van der Waals surface area contributed by atoms with Crippen molar-refractivity contribution < 1.29 is 19.1 Å². The van der Waals surface area contributed by atoms with E-state index in [0.717, 1.165) is 19.4 Å². The maximum Gasteiger partial charge on any atom is 0.338 e. The Morgan fingerprint density at radius 1 is 1.25 bits per heavy atom. The molecule has 2 aliphatic heterocycles. The lowest BCUT2D eigenvalue weighted by atomic mass is 10.2. The molecule has 0 saturated carbocycles. The number of rotatable bonds is 5. The zero-order valence-corrected chi connectivity index (χ0v) is 16.8. The average molecular weight is 411 g/mol. The molecule has 0 spiro atoms. The lowest BCUT2D eigenvalue weighted by molar-refractivity contribution is -0.134. The van der Waals surface area contributed by atoms with Gasteiger partial charge in [-0.25, -0.2) is 9.59 Å². The van der Waals surface area contributed by atoms with Gasteiger partial charge in [0.05, 0.1) is 5.56 Å². The normalized spacial score (nSPS) is 19.2. The second-order valence-corrected chi connectivity index (χ2v) is 6.79. The monoisotopic (exact) mass is 410 g/mol. The first-order valence-corrected chi connectivity index (χ1v) is 9.41. The van der Waals surface area contributed by atoms with Crippen LogP contribution in [0.25, 0.3) is 0 Å². The van der Waals surface area contributed by atoms with Crippen LogP contribution < -0.4 is 10.6 Å². The van der Waals surface area contributed by atoms with Gasteiger partial charge in [-0.2, -0.15) is 0 Å². The third-order valence-electron chi connectivity index (χ3n) is 4.94. The molecule has 3 amide bonds. The van der Waals surface area contributed by atoms with E-state index in [1.807, 2.05) is 6.92 Å². The SMILES string of the molecule is CCN1CCN(C(=O)Nc2ccc(C(=O)OCC3CCCN3)cc2)CC1=O.Cl. The number of hydrogen-bond acceptors (Lipinski definition) is 5. The van der Waals surface area contributed by atoms with Gasteiger partial charge in [0.2, 0.25) is 5.91 Å². The van der Waals surface area contributed by atoms with Crippen molar-refractivity contribution in [3.05, 3.63) is 29.8 Å². The van der Waals surface area contributed by atoms with Crippen LogP contribution in [0.2, 0.25) is 0 Å². The minimum absolute atomic E-state index is 0. The molecule has 1 aromatic carbocycles. The zero-order chi connectivity index (χ0) is 19.2. The summed E-state index contributed by atoms with van der Waals surface area (Å²) in [6.07, 6.45) is 2.13. The largest absolute Gasteiger partial charge is 0.460 e. The van der Waals surface area contributed by atoms with E-state index in [9.17, 15) is 14.4 Å². The van der Waals surface area contributed by atoms with Crippen LogP contribution in [0.1, 0.15) is 30.1 Å². The van der Waals surface area contributed by atoms with Crippen LogP contribution in [0.4, 0.5) is 10.5 Å². The van der Waals surface area contributed by atoms with E-state index in [0.29, 0.717) is 37.5 Å². The first kappa shape index (κ1) is 22.0. The van der Waals surface area contributed by atoms with E-state index in [1.165, 1.54) is 4.90 Å². The quantitative estimate of drug-likeness (QED) is 0.721. The zero-order valence-electron chi connectivity index (χ0n) is 16.0. The molecule has 0 bridgehead atoms. The van der Waals surface area contributed by atoms with Gasteiger partial charge in [0.1, 0.15) is 13.2 Å². The third kappa shape index (κ3) is 5.59. The van der Waals surface area contributed by atoms with Crippen molar-refractivity contribution >= 4 is 36.0 Å². The van der Waals surface area contributed by atoms with Crippen molar-refractivity contribution in [2.75, 3.05) is 44.6 Å². The van der Waals surface area contributed by atoms with Crippen molar-refractivity contribution in [3.63, 3.8) is 0 Å². The Morgan fingerprint density at radius 3 is 2.61 bits per heavy atom. The number of amides is 3. The minimum Gasteiger partial charge on any atom is -0.460 e. The van der Waals surface area contributed by atoms with Crippen LogP contribution in [0.15, 0.2) is 24.3 Å². The fraction of sp³-hybridized carbons (Fsp3) is 0.526. The number of anilines is 1. The number of halogens is 1. The van der Waals surface area contributed by atoms with Crippen LogP contribution >= 0.6 is 12.4 Å². The first-order valence-electron chi connectivity index (χ1n) is 9.41. The molecule has 0 aliphatic carbocycles. The smallest absolute Gasteiger partial charge is 0.338 e. The number of carbonyl (C=O) groups excluding carboxylic acids is 3. The van der Waals surface area contributed by atoms with Gasteiger partial charge in [-0.05, 0) is 50.6 Å². The summed E-state index contributed by atoms with van der Waals surface area (Å²) in [6.45, 7) is 5.05. The van der Waals surface area contributed by atoms with Crippen molar-refractivity contribution in [1.29, 1.82) is 0 Å². The molecular weight excluding hydrogens is 384 g/mol. The second kappa shape index (κ2) is 10.3. The molecule has 28 heavy (non-hydrogen) atoms. The summed E-state index contributed by atoms with van der Waals surface area (Å²) in [5.41, 5.74) is 1.01.